The van der Waals surface area contributed by atoms with Gasteiger partial charge in [0.15, 0.2) is 0 Å². The minimum atomic E-state index is -2.82. The Hall–Kier alpha value is -0.746. The van der Waals surface area contributed by atoms with Crippen LogP contribution in [0.4, 0.5) is 0 Å². The predicted octanol–water partition coefficient (Wildman–Crippen LogP) is 25.7. The summed E-state index contributed by atoms with van der Waals surface area (Å²) in [7, 11) is -5.64. The van der Waals surface area contributed by atoms with Crippen molar-refractivity contribution in [3.8, 4) is 0 Å². The van der Waals surface area contributed by atoms with E-state index in [1.807, 2.05) is 0 Å². The Morgan fingerprint density at radius 1 is 0.311 bits per heavy atom. The molecule has 0 saturated carbocycles. The van der Waals surface area contributed by atoms with E-state index in [-0.39, 0.29) is 20.6 Å². The maximum atomic E-state index is 7.92. The van der Waals surface area contributed by atoms with Crippen molar-refractivity contribution in [3.63, 3.8) is 0 Å². The second-order valence-electron chi connectivity index (χ2n) is 27.7. The summed E-state index contributed by atoms with van der Waals surface area (Å²) in [6.07, 6.45) is 45.4. The Kier molecular flexibility index (Phi) is 36.5. The molecule has 4 aromatic carbocycles. The highest BCUT2D eigenvalue weighted by molar-refractivity contribution is 8.45. The number of rotatable bonds is 46. The van der Waals surface area contributed by atoms with Gasteiger partial charge in [0.05, 0.1) is 25.4 Å². The third-order valence-corrected chi connectivity index (χ3v) is 40.8. The highest BCUT2D eigenvalue weighted by Gasteiger charge is 2.53. The maximum absolute atomic E-state index is 7.92. The highest BCUT2D eigenvalue weighted by Crippen LogP contribution is 2.68. The number of benzene rings is 4. The number of hydrogen-bond donors (Lipinski definition) is 0. The lowest BCUT2D eigenvalue weighted by Crippen LogP contribution is -2.68. The fourth-order valence-corrected chi connectivity index (χ4v) is 35.5. The largest absolute Gasteiger partial charge is 0.406 e. The third kappa shape index (κ3) is 24.4. The van der Waals surface area contributed by atoms with Crippen LogP contribution in [0.25, 0.3) is 0 Å². The lowest BCUT2D eigenvalue weighted by atomic mass is 10.0. The lowest BCUT2D eigenvalue weighted by Gasteiger charge is -2.46. The average molecular weight is 1400 g/mol. The molecule has 0 spiro atoms. The minimum Gasteiger partial charge on any atom is -0.406 e. The van der Waals surface area contributed by atoms with Crippen molar-refractivity contribution in [2.45, 2.75) is 281 Å². The fourth-order valence-electron chi connectivity index (χ4n) is 13.3. The van der Waals surface area contributed by atoms with E-state index in [2.05, 4.69) is 271 Å². The second-order valence-corrected chi connectivity index (χ2v) is 46.7. The number of unbranched alkanes of at least 4 members (excludes halogenated alkanes) is 30. The van der Waals surface area contributed by atoms with Crippen LogP contribution in [0.1, 0.15) is 261 Å². The molecule has 0 radical (unpaired) electrons. The van der Waals surface area contributed by atoms with Crippen molar-refractivity contribution < 1.29 is 8.85 Å². The van der Waals surface area contributed by atoms with E-state index in [0.717, 1.165) is 0 Å². The molecule has 0 saturated heterocycles. The lowest BCUT2D eigenvalue weighted by molar-refractivity contribution is 0.260. The second kappa shape index (κ2) is 42.8. The zero-order chi connectivity index (χ0) is 63.6. The first-order valence-corrected chi connectivity index (χ1v) is 46.8. The number of thioether (sulfide) groups is 8. The molecule has 12 heteroatoms. The summed E-state index contributed by atoms with van der Waals surface area (Å²) in [5, 5.41) is 5.49. The standard InChI is InChI=1S/C78H118O2S8Si2/c1-9-11-13-15-17-19-21-23-25-27-29-31-33-35-37-51-61-81-71-72(82-62-52-38-36-34-32-30-28-26-24-22-20-18-16-14-12-10-2)86-75(85-71)76-87-73-74(88-76)84-70(64-80-90(78(6,7)8,67-57-47-41-48-58-67)68-59-49-42-50-60-68)69(83-73)63-79-89(77(3,4)5,65-53-43-39-44-54-65)66-55-45-40-46-56-66/h39-50,53-60,69-70H,9-38,51-52,61-64H2,1-8H3. The van der Waals surface area contributed by atoms with Gasteiger partial charge in [0, 0.05) is 23.7 Å². The SMILES string of the molecule is CCCCCCCCCCCCCCCCCCSC1=C(SCCCCCCCCCCCCCCCCCC)SC(=C2SC3=C(S2)SC(CO[Si](c2ccccc2)(c2ccccc2)C(C)(C)C)C(CO[Si](c2ccccc2)(c2ccccc2)C(C)(C)C)S3)S1. The first-order valence-electron chi connectivity index (χ1n) is 35.9. The van der Waals surface area contributed by atoms with Gasteiger partial charge in [0.2, 0.25) is 0 Å². The minimum absolute atomic E-state index is 0.115. The van der Waals surface area contributed by atoms with Gasteiger partial charge in [-0.1, -0.05) is 416 Å². The van der Waals surface area contributed by atoms with Crippen LogP contribution < -0.4 is 20.7 Å². The molecule has 2 atom stereocenters. The summed E-state index contributed by atoms with van der Waals surface area (Å²) < 4.78 is 24.9. The van der Waals surface area contributed by atoms with Crippen LogP contribution in [0, 0.1) is 0 Å². The van der Waals surface area contributed by atoms with E-state index < -0.39 is 16.6 Å². The molecule has 0 fully saturated rings. The fraction of sp³-hybridized carbons (Fsp3) is 0.615. The first kappa shape index (κ1) is 76.6. The van der Waals surface area contributed by atoms with Crippen LogP contribution in [0.3, 0.4) is 0 Å². The van der Waals surface area contributed by atoms with Gasteiger partial charge in [-0.25, -0.2) is 0 Å². The molecule has 90 heavy (non-hydrogen) atoms. The van der Waals surface area contributed by atoms with E-state index in [9.17, 15) is 0 Å². The van der Waals surface area contributed by atoms with Crippen LogP contribution in [0.5, 0.6) is 0 Å². The molecule has 498 valence electrons. The quantitative estimate of drug-likeness (QED) is 0.0313. The van der Waals surface area contributed by atoms with Crippen molar-refractivity contribution in [1.29, 1.82) is 0 Å². The highest BCUT2D eigenvalue weighted by atomic mass is 32.3. The van der Waals surface area contributed by atoms with Gasteiger partial charge in [0.1, 0.15) is 0 Å². The molecule has 0 aliphatic carbocycles. The molecule has 7 rings (SSSR count). The molecule has 3 aliphatic heterocycles. The molecule has 0 aromatic heterocycles. The van der Waals surface area contributed by atoms with Gasteiger partial charge in [-0.2, -0.15) is 0 Å². The van der Waals surface area contributed by atoms with Crippen molar-refractivity contribution in [2.24, 2.45) is 0 Å². The number of hydrogen-bond acceptors (Lipinski definition) is 10. The Morgan fingerprint density at radius 3 is 0.789 bits per heavy atom. The smallest absolute Gasteiger partial charge is 0.261 e. The molecule has 3 heterocycles. The summed E-state index contributed by atoms with van der Waals surface area (Å²) in [4.78, 5) is 0. The summed E-state index contributed by atoms with van der Waals surface area (Å²) in [6.45, 7) is 20.4. The summed E-state index contributed by atoms with van der Waals surface area (Å²) in [5.41, 5.74) is 0. The van der Waals surface area contributed by atoms with Gasteiger partial charge in [-0.15, -0.1) is 47.0 Å². The molecule has 2 unspecified atom stereocenters. The Labute approximate surface area is 587 Å². The molecule has 2 nitrogen and oxygen atoms in total. The van der Waals surface area contributed by atoms with Gasteiger partial charge < -0.3 is 8.85 Å². The summed E-state index contributed by atoms with van der Waals surface area (Å²) >= 11 is 16.8. The van der Waals surface area contributed by atoms with E-state index >= 15 is 0 Å². The van der Waals surface area contributed by atoms with Crippen molar-refractivity contribution in [2.75, 3.05) is 24.7 Å². The van der Waals surface area contributed by atoms with E-state index in [1.165, 1.54) is 255 Å². The first-order chi connectivity index (χ1) is 43.9. The zero-order valence-corrected chi connectivity index (χ0v) is 65.8. The van der Waals surface area contributed by atoms with Gasteiger partial charge in [-0.05, 0) is 55.2 Å². The molecule has 0 amide bonds. The normalized spacial score (nSPS) is 16.7. The van der Waals surface area contributed by atoms with Crippen LogP contribution in [0.15, 0.2) is 147 Å². The predicted molar refractivity (Wildman–Crippen MR) is 425 cm³/mol. The zero-order valence-electron chi connectivity index (χ0n) is 57.2. The molecule has 0 N–H and O–H groups in total. The Balaban J connectivity index is 1.01. The maximum Gasteiger partial charge on any atom is 0.261 e. The molecule has 4 aromatic rings. The molecule has 0 bridgehead atoms. The van der Waals surface area contributed by atoms with Crippen LogP contribution in [-0.4, -0.2) is 51.9 Å². The average Bonchev–Trinajstić information content (AvgIpc) is 0.972. The Bertz CT molecular complexity index is 2420. The van der Waals surface area contributed by atoms with Gasteiger partial charge in [0.25, 0.3) is 16.6 Å². The van der Waals surface area contributed by atoms with E-state index in [4.69, 9.17) is 8.85 Å². The molecular formula is C78H118O2S8Si2. The van der Waals surface area contributed by atoms with E-state index in [0.29, 0.717) is 13.2 Å². The van der Waals surface area contributed by atoms with Gasteiger partial charge >= 0.3 is 0 Å². The third-order valence-electron chi connectivity index (χ3n) is 18.4. The van der Waals surface area contributed by atoms with Gasteiger partial charge in [-0.3, -0.25) is 0 Å². The topological polar surface area (TPSA) is 18.5 Å². The van der Waals surface area contributed by atoms with Crippen LogP contribution in [-0.2, 0) is 8.85 Å². The summed E-state index contributed by atoms with van der Waals surface area (Å²) in [6, 6.07) is 45.0. The molecular weight excluding hydrogens is 1280 g/mol. The van der Waals surface area contributed by atoms with E-state index in [1.54, 1.807) is 8.47 Å². The van der Waals surface area contributed by atoms with Crippen LogP contribution in [0.2, 0.25) is 10.1 Å². The molecule has 3 aliphatic rings. The van der Waals surface area contributed by atoms with Crippen molar-refractivity contribution >= 4 is 131 Å². The summed E-state index contributed by atoms with van der Waals surface area (Å²) in [5.74, 6) is 2.46. The van der Waals surface area contributed by atoms with Crippen molar-refractivity contribution in [1.82, 2.24) is 0 Å². The monoisotopic (exact) mass is 1400 g/mol. The van der Waals surface area contributed by atoms with Crippen molar-refractivity contribution in [3.05, 3.63) is 147 Å². The van der Waals surface area contributed by atoms with Crippen LogP contribution >= 0.6 is 94.1 Å². The Morgan fingerprint density at radius 2 is 0.544 bits per heavy atom.